The molecule has 0 aliphatic carbocycles. The van der Waals surface area contributed by atoms with Crippen molar-refractivity contribution in [3.63, 3.8) is 0 Å². The Bertz CT molecular complexity index is 204. The smallest absolute Gasteiger partial charge is 0.0916 e. The lowest BCUT2D eigenvalue weighted by Gasteiger charge is -2.20. The van der Waals surface area contributed by atoms with Crippen LogP contribution in [0.1, 0.15) is 20.8 Å². The van der Waals surface area contributed by atoms with Crippen LogP contribution in [0.5, 0.6) is 0 Å². The summed E-state index contributed by atoms with van der Waals surface area (Å²) in [5.41, 5.74) is 0.176. The first-order chi connectivity index (χ1) is 5.02. The van der Waals surface area contributed by atoms with Crippen molar-refractivity contribution in [1.29, 1.82) is 0 Å². The molecule has 1 nitrogen and oxygen atoms in total. The van der Waals surface area contributed by atoms with Crippen molar-refractivity contribution in [2.75, 3.05) is 0 Å². The molecule has 11 heavy (non-hydrogen) atoms. The molecule has 0 aromatic heterocycles. The molecule has 0 bridgehead atoms. The van der Waals surface area contributed by atoms with Crippen LogP contribution >= 0.6 is 0 Å². The Kier molecular flexibility index (Phi) is 1.82. The molecule has 0 aromatic carbocycles. The summed E-state index contributed by atoms with van der Waals surface area (Å²) in [7, 11) is 0. The molecule has 60 valence electrons. The second-order valence-electron chi connectivity index (χ2n) is 3.92. The van der Waals surface area contributed by atoms with Gasteiger partial charge in [-0.05, 0) is 20.8 Å². The van der Waals surface area contributed by atoms with Crippen molar-refractivity contribution in [3.05, 3.63) is 12.7 Å². The van der Waals surface area contributed by atoms with E-state index < -0.39 is 0 Å². The lowest BCUT2D eigenvalue weighted by Crippen LogP contribution is -2.28. The minimum atomic E-state index is 0.176. The minimum Gasteiger partial charge on any atom is -0.274 e. The molecule has 0 amide bonds. The molecule has 1 heterocycles. The maximum atomic E-state index is 5.35. The van der Waals surface area contributed by atoms with Crippen molar-refractivity contribution >= 4 is 0 Å². The Hall–Kier alpha value is -0.740. The number of terminal acetylenes is 1. The van der Waals surface area contributed by atoms with Crippen molar-refractivity contribution < 1.29 is 0 Å². The molecule has 1 saturated heterocycles. The highest BCUT2D eigenvalue weighted by Crippen LogP contribution is 2.36. The fourth-order valence-electron chi connectivity index (χ4n) is 1.54. The van der Waals surface area contributed by atoms with Gasteiger partial charge in [0.25, 0.3) is 0 Å². The second-order valence-corrected chi connectivity index (χ2v) is 3.92. The van der Waals surface area contributed by atoms with Crippen molar-refractivity contribution in [2.45, 2.75) is 38.4 Å². The first-order valence-corrected chi connectivity index (χ1v) is 3.89. The van der Waals surface area contributed by atoms with Crippen molar-refractivity contribution in [3.8, 4) is 12.3 Å². The van der Waals surface area contributed by atoms with Crippen LogP contribution in [-0.2, 0) is 0 Å². The molecule has 0 spiro atoms. The van der Waals surface area contributed by atoms with E-state index in [9.17, 15) is 0 Å². The Morgan fingerprint density at radius 3 is 2.18 bits per heavy atom. The minimum absolute atomic E-state index is 0.176. The highest BCUT2D eigenvalue weighted by molar-refractivity contribution is 5.26. The monoisotopic (exact) mass is 149 g/mol. The number of nitrogens with zero attached hydrogens (tertiary/aromatic N) is 1. The molecule has 1 unspecified atom stereocenters. The fraction of sp³-hybridized carbons (Fsp3) is 0.600. The zero-order valence-electron chi connectivity index (χ0n) is 7.46. The summed E-state index contributed by atoms with van der Waals surface area (Å²) in [6, 6.07) is 0.687. The van der Waals surface area contributed by atoms with Crippen LogP contribution in [0.3, 0.4) is 0 Å². The van der Waals surface area contributed by atoms with E-state index in [1.54, 1.807) is 0 Å². The molecule has 1 heteroatoms. The van der Waals surface area contributed by atoms with E-state index in [1.165, 1.54) is 0 Å². The number of hydrogen-bond donors (Lipinski definition) is 0. The molecule has 0 radical (unpaired) electrons. The van der Waals surface area contributed by atoms with Gasteiger partial charge in [-0.2, -0.15) is 0 Å². The topological polar surface area (TPSA) is 3.01 Å². The third-order valence-corrected chi connectivity index (χ3v) is 2.04. The molecule has 1 aliphatic heterocycles. The van der Waals surface area contributed by atoms with Crippen LogP contribution in [0.4, 0.5) is 0 Å². The van der Waals surface area contributed by atoms with E-state index in [-0.39, 0.29) is 11.6 Å². The van der Waals surface area contributed by atoms with E-state index >= 15 is 0 Å². The van der Waals surface area contributed by atoms with Gasteiger partial charge in [-0.3, -0.25) is 4.90 Å². The molecule has 3 atom stereocenters. The number of rotatable bonds is 1. The van der Waals surface area contributed by atoms with Gasteiger partial charge in [0.2, 0.25) is 0 Å². The average molecular weight is 149 g/mol. The van der Waals surface area contributed by atoms with Gasteiger partial charge in [-0.15, -0.1) is 13.0 Å². The molecule has 0 aromatic rings. The molecule has 1 aliphatic rings. The summed E-state index contributed by atoms with van der Waals surface area (Å²) in [6.45, 7) is 10.2. The largest absolute Gasteiger partial charge is 0.274 e. The van der Waals surface area contributed by atoms with Gasteiger partial charge in [0.1, 0.15) is 0 Å². The summed E-state index contributed by atoms with van der Waals surface area (Å²) in [6.07, 6.45) is 7.27. The van der Waals surface area contributed by atoms with E-state index in [4.69, 9.17) is 6.42 Å². The summed E-state index contributed by atoms with van der Waals surface area (Å²) >= 11 is 0. The van der Waals surface area contributed by atoms with Gasteiger partial charge in [0.15, 0.2) is 0 Å². The van der Waals surface area contributed by atoms with E-state index in [0.717, 1.165) is 0 Å². The van der Waals surface area contributed by atoms with Crippen LogP contribution in [0, 0.1) is 12.3 Å². The maximum Gasteiger partial charge on any atom is 0.0916 e. The molecule has 1 fully saturated rings. The zero-order valence-corrected chi connectivity index (χ0v) is 7.46. The summed E-state index contributed by atoms with van der Waals surface area (Å²) in [5, 5.41) is 0. The van der Waals surface area contributed by atoms with Crippen LogP contribution in [0.15, 0.2) is 12.7 Å². The van der Waals surface area contributed by atoms with Gasteiger partial charge in [0, 0.05) is 5.54 Å². The quantitative estimate of drug-likeness (QED) is 0.311. The normalized spacial score (nSPS) is 36.0. The van der Waals surface area contributed by atoms with Crippen molar-refractivity contribution in [1.82, 2.24) is 4.90 Å². The van der Waals surface area contributed by atoms with Crippen LogP contribution in [-0.4, -0.2) is 22.5 Å². The average Bonchev–Trinajstić information content (AvgIpc) is 2.58. The van der Waals surface area contributed by atoms with E-state index in [1.807, 2.05) is 6.08 Å². The standard InChI is InChI=1S/C10H15N/c1-6-8-9(7-2)11(8)10(3,4)5/h1,7-9H,2H2,3-5H3/t8-,9-,11?/m0/s1. The van der Waals surface area contributed by atoms with Crippen LogP contribution < -0.4 is 0 Å². The SMILES string of the molecule is C#C[C@H]1[C@H](C=C)N1C(C)(C)C. The fourth-order valence-corrected chi connectivity index (χ4v) is 1.54. The Morgan fingerprint density at radius 2 is 2.09 bits per heavy atom. The molecule has 0 N–H and O–H groups in total. The van der Waals surface area contributed by atoms with Crippen LogP contribution in [0.2, 0.25) is 0 Å². The summed E-state index contributed by atoms with van der Waals surface area (Å²) < 4.78 is 0. The Balaban J connectivity index is 2.67. The molecular formula is C10H15N. The highest BCUT2D eigenvalue weighted by Gasteiger charge is 2.50. The predicted molar refractivity (Wildman–Crippen MR) is 48.2 cm³/mol. The van der Waals surface area contributed by atoms with Gasteiger partial charge in [-0.1, -0.05) is 12.0 Å². The highest BCUT2D eigenvalue weighted by atomic mass is 15.4. The van der Waals surface area contributed by atoms with Gasteiger partial charge in [-0.25, -0.2) is 0 Å². The van der Waals surface area contributed by atoms with E-state index in [0.29, 0.717) is 6.04 Å². The molecule has 1 rings (SSSR count). The van der Waals surface area contributed by atoms with Crippen LogP contribution in [0.25, 0.3) is 0 Å². The third-order valence-electron chi connectivity index (χ3n) is 2.04. The van der Waals surface area contributed by atoms with Gasteiger partial charge < -0.3 is 0 Å². The molecular weight excluding hydrogens is 134 g/mol. The zero-order chi connectivity index (χ0) is 8.65. The Morgan fingerprint density at radius 1 is 1.55 bits per heavy atom. The maximum absolute atomic E-state index is 5.35. The van der Waals surface area contributed by atoms with E-state index in [2.05, 4.69) is 38.2 Å². The first kappa shape index (κ1) is 8.36. The summed E-state index contributed by atoms with van der Waals surface area (Å²) in [4.78, 5) is 2.28. The number of hydrogen-bond acceptors (Lipinski definition) is 1. The second kappa shape index (κ2) is 2.39. The lowest BCUT2D eigenvalue weighted by molar-refractivity contribution is 0.287. The van der Waals surface area contributed by atoms with Gasteiger partial charge >= 0.3 is 0 Å². The summed E-state index contributed by atoms with van der Waals surface area (Å²) in [5.74, 6) is 2.75. The predicted octanol–water partition coefficient (Wildman–Crippen LogP) is 1.66. The van der Waals surface area contributed by atoms with Gasteiger partial charge in [0.05, 0.1) is 12.1 Å². The molecule has 0 saturated carbocycles. The Labute approximate surface area is 69.1 Å². The van der Waals surface area contributed by atoms with Crippen molar-refractivity contribution in [2.24, 2.45) is 0 Å². The lowest BCUT2D eigenvalue weighted by atomic mass is 10.1. The first-order valence-electron chi connectivity index (χ1n) is 3.89. The third kappa shape index (κ3) is 1.32.